The first-order valence-electron chi connectivity index (χ1n) is 12.4. The van der Waals surface area contributed by atoms with E-state index in [9.17, 15) is 27.5 Å². The lowest BCUT2D eigenvalue weighted by molar-refractivity contribution is -0.140. The van der Waals surface area contributed by atoms with Crippen molar-refractivity contribution in [1.82, 2.24) is 25.2 Å². The number of carbonyl (C=O) groups excluding carboxylic acids is 1. The van der Waals surface area contributed by atoms with E-state index in [1.54, 1.807) is 6.07 Å². The van der Waals surface area contributed by atoms with Crippen molar-refractivity contribution < 1.29 is 32.2 Å². The number of hydrogen-bond acceptors (Lipinski definition) is 7. The number of fused-ring (bicyclic) bond motifs is 1. The maximum atomic E-state index is 14.6. The maximum absolute atomic E-state index is 14.6. The molecule has 3 aromatic rings. The smallest absolute Gasteiger partial charge is 0.389 e. The van der Waals surface area contributed by atoms with Crippen molar-refractivity contribution in [2.24, 2.45) is 0 Å². The highest BCUT2D eigenvalue weighted by molar-refractivity contribution is 5.96. The topological polar surface area (TPSA) is 104 Å². The van der Waals surface area contributed by atoms with Crippen molar-refractivity contribution in [3.05, 3.63) is 59.3 Å². The molecule has 2 aliphatic rings. The Morgan fingerprint density at radius 2 is 2.00 bits per heavy atom. The number of ether oxygens (including phenoxy) is 1. The minimum Gasteiger partial charge on any atom is -0.389 e. The Bertz CT molecular complexity index is 1310. The van der Waals surface area contributed by atoms with Gasteiger partial charge in [-0.25, -0.2) is 13.9 Å². The molecule has 3 N–H and O–H groups in total. The Balaban J connectivity index is 1.31. The Kier molecular flexibility index (Phi) is 7.25. The van der Waals surface area contributed by atoms with Crippen molar-refractivity contribution in [3.8, 4) is 0 Å². The number of amides is 1. The first-order valence-corrected chi connectivity index (χ1v) is 12.4. The summed E-state index contributed by atoms with van der Waals surface area (Å²) in [4.78, 5) is 19.5. The molecule has 0 spiro atoms. The van der Waals surface area contributed by atoms with E-state index in [0.29, 0.717) is 43.7 Å². The van der Waals surface area contributed by atoms with Crippen LogP contribution < -0.4 is 15.5 Å². The zero-order valence-electron chi connectivity index (χ0n) is 20.6. The number of piperidine rings is 1. The summed E-state index contributed by atoms with van der Waals surface area (Å²) in [6.45, 7) is 3.56. The number of halogens is 4. The Hall–Kier alpha value is -3.29. The van der Waals surface area contributed by atoms with Gasteiger partial charge < -0.3 is 25.4 Å². The molecule has 9 nitrogen and oxygen atoms in total. The van der Waals surface area contributed by atoms with Crippen LogP contribution in [-0.4, -0.2) is 70.1 Å². The molecule has 0 aliphatic carbocycles. The number of alkyl halides is 3. The van der Waals surface area contributed by atoms with Crippen molar-refractivity contribution in [2.45, 2.75) is 50.2 Å². The number of benzene rings is 1. The van der Waals surface area contributed by atoms with Gasteiger partial charge in [-0.1, -0.05) is 12.1 Å². The van der Waals surface area contributed by atoms with E-state index in [2.05, 4.69) is 25.6 Å². The van der Waals surface area contributed by atoms with E-state index in [1.165, 1.54) is 30.0 Å². The van der Waals surface area contributed by atoms with Crippen LogP contribution in [0.4, 0.5) is 23.2 Å². The molecule has 4 heterocycles. The van der Waals surface area contributed by atoms with E-state index in [-0.39, 0.29) is 23.2 Å². The summed E-state index contributed by atoms with van der Waals surface area (Å²) in [5, 5.41) is 20.2. The molecule has 0 radical (unpaired) electrons. The molecule has 3 atom stereocenters. The Morgan fingerprint density at radius 1 is 1.24 bits per heavy atom. The molecule has 38 heavy (non-hydrogen) atoms. The number of nitrogens with one attached hydrogen (secondary N) is 2. The second kappa shape index (κ2) is 10.5. The van der Waals surface area contributed by atoms with Crippen molar-refractivity contribution >= 4 is 17.2 Å². The molecule has 1 amide bonds. The van der Waals surface area contributed by atoms with Crippen LogP contribution in [0.3, 0.4) is 0 Å². The van der Waals surface area contributed by atoms with Crippen LogP contribution >= 0.6 is 0 Å². The van der Waals surface area contributed by atoms with Crippen LogP contribution in [0.2, 0.25) is 0 Å². The van der Waals surface area contributed by atoms with Gasteiger partial charge in [-0.15, -0.1) is 0 Å². The normalized spacial score (nSPS) is 21.7. The predicted molar refractivity (Wildman–Crippen MR) is 129 cm³/mol. The van der Waals surface area contributed by atoms with Gasteiger partial charge in [-0.3, -0.25) is 4.79 Å². The van der Waals surface area contributed by atoms with E-state index in [0.717, 1.165) is 18.9 Å². The van der Waals surface area contributed by atoms with E-state index < -0.39 is 35.6 Å². The largest absolute Gasteiger partial charge is 0.419 e. The molecule has 204 valence electrons. The van der Waals surface area contributed by atoms with Gasteiger partial charge in [0.15, 0.2) is 5.65 Å². The van der Waals surface area contributed by atoms with E-state index in [4.69, 9.17) is 4.74 Å². The number of aliphatic hydroxyl groups excluding tert-OH is 1. The Morgan fingerprint density at radius 3 is 2.68 bits per heavy atom. The standard InChI is InChI=1S/C25H28F4N6O3/c1-14(17-3-2-4-18(22(17)26)25(27,28)29)32-24(37)15-9-20(23-30-13-31-35(23)10-15)34-7-5-16(6-8-34)33-19-11-38-12-21(19)36/h2-4,9-10,13-14,16,19,21,33,36H,5-8,11-12H2,1H3,(H,32,37)/t14-,19-,21-/m1/s1. The van der Waals surface area contributed by atoms with Gasteiger partial charge in [0.25, 0.3) is 5.91 Å². The monoisotopic (exact) mass is 536 g/mol. The molecular weight excluding hydrogens is 508 g/mol. The van der Waals surface area contributed by atoms with Gasteiger partial charge in [0.1, 0.15) is 12.1 Å². The second-order valence-corrected chi connectivity index (χ2v) is 9.68. The van der Waals surface area contributed by atoms with Crippen molar-refractivity contribution in [2.75, 3.05) is 31.2 Å². The van der Waals surface area contributed by atoms with Crippen LogP contribution in [0, 0.1) is 5.82 Å². The third-order valence-electron chi connectivity index (χ3n) is 7.10. The van der Waals surface area contributed by atoms with Gasteiger partial charge in [-0.2, -0.15) is 18.3 Å². The molecule has 0 saturated carbocycles. The first kappa shape index (κ1) is 26.3. The minimum absolute atomic E-state index is 0.0922. The SMILES string of the molecule is C[C@@H](NC(=O)c1cc(N2CCC(N[C@@H]3COC[C@H]3O)CC2)c2ncnn2c1)c1cccc(C(F)(F)F)c1F. The lowest BCUT2D eigenvalue weighted by atomic mass is 10.0. The number of aliphatic hydroxyl groups is 1. The zero-order valence-corrected chi connectivity index (χ0v) is 20.6. The average Bonchev–Trinajstić information content (AvgIpc) is 3.52. The third kappa shape index (κ3) is 5.31. The number of rotatable bonds is 6. The van der Waals surface area contributed by atoms with E-state index in [1.807, 2.05) is 0 Å². The van der Waals surface area contributed by atoms with Gasteiger partial charge in [0.05, 0.1) is 48.2 Å². The molecule has 0 unspecified atom stereocenters. The zero-order chi connectivity index (χ0) is 27.0. The number of nitrogens with zero attached hydrogens (tertiary/aromatic N) is 4. The number of aromatic nitrogens is 3. The molecule has 1 aromatic carbocycles. The summed E-state index contributed by atoms with van der Waals surface area (Å²) in [5.41, 5.74) is -0.179. The second-order valence-electron chi connectivity index (χ2n) is 9.68. The Labute approximate surface area is 215 Å². The van der Waals surface area contributed by atoms with E-state index >= 15 is 0 Å². The van der Waals surface area contributed by atoms with Gasteiger partial charge in [0, 0.05) is 30.9 Å². The van der Waals surface area contributed by atoms with Crippen LogP contribution in [0.5, 0.6) is 0 Å². The van der Waals surface area contributed by atoms with Gasteiger partial charge in [-0.05, 0) is 31.9 Å². The third-order valence-corrected chi connectivity index (χ3v) is 7.10. The fraction of sp³-hybridized carbons (Fsp3) is 0.480. The highest BCUT2D eigenvalue weighted by atomic mass is 19.4. The molecule has 13 heteroatoms. The summed E-state index contributed by atoms with van der Waals surface area (Å²) in [5.74, 6) is -1.99. The maximum Gasteiger partial charge on any atom is 0.419 e. The molecule has 2 saturated heterocycles. The number of carbonyl (C=O) groups is 1. The highest BCUT2D eigenvalue weighted by Gasteiger charge is 2.35. The summed E-state index contributed by atoms with van der Waals surface area (Å²) < 4.78 is 60.8. The summed E-state index contributed by atoms with van der Waals surface area (Å²) in [6.07, 6.45) is -0.920. The van der Waals surface area contributed by atoms with Gasteiger partial charge in [0.2, 0.25) is 0 Å². The fourth-order valence-corrected chi connectivity index (χ4v) is 5.02. The minimum atomic E-state index is -4.84. The van der Waals surface area contributed by atoms with Crippen LogP contribution in [0.15, 0.2) is 36.8 Å². The first-order chi connectivity index (χ1) is 18.1. The highest BCUT2D eigenvalue weighted by Crippen LogP contribution is 2.34. The van der Waals surface area contributed by atoms with Crippen LogP contribution in [0.25, 0.3) is 5.65 Å². The predicted octanol–water partition coefficient (Wildman–Crippen LogP) is 2.70. The van der Waals surface area contributed by atoms with Crippen LogP contribution in [-0.2, 0) is 10.9 Å². The number of anilines is 1. The average molecular weight is 537 g/mol. The lowest BCUT2D eigenvalue weighted by Gasteiger charge is -2.35. The summed E-state index contributed by atoms with van der Waals surface area (Å²) >= 11 is 0. The number of pyridine rings is 1. The summed E-state index contributed by atoms with van der Waals surface area (Å²) in [7, 11) is 0. The molecule has 5 rings (SSSR count). The fourth-order valence-electron chi connectivity index (χ4n) is 5.02. The molecule has 2 aromatic heterocycles. The molecule has 0 bridgehead atoms. The van der Waals surface area contributed by atoms with Gasteiger partial charge >= 0.3 is 6.18 Å². The van der Waals surface area contributed by atoms with Crippen LogP contribution in [0.1, 0.15) is 47.3 Å². The molecule has 2 aliphatic heterocycles. The molecule has 2 fully saturated rings. The quantitative estimate of drug-likeness (QED) is 0.417. The number of hydrogen-bond donors (Lipinski definition) is 3. The summed E-state index contributed by atoms with van der Waals surface area (Å²) in [6, 6.07) is 3.76. The lowest BCUT2D eigenvalue weighted by Crippen LogP contribution is -2.49. The molecular formula is C25H28F4N6O3. The van der Waals surface area contributed by atoms with Crippen molar-refractivity contribution in [3.63, 3.8) is 0 Å². The van der Waals surface area contributed by atoms with Crippen molar-refractivity contribution in [1.29, 1.82) is 0 Å².